The molecule has 162 valence electrons. The van der Waals surface area contributed by atoms with E-state index < -0.39 is 11.7 Å². The van der Waals surface area contributed by atoms with Crippen LogP contribution in [0.1, 0.15) is 36.1 Å². The predicted molar refractivity (Wildman–Crippen MR) is 106 cm³/mol. The van der Waals surface area contributed by atoms with Crippen LogP contribution >= 0.6 is 0 Å². The van der Waals surface area contributed by atoms with Gasteiger partial charge in [-0.2, -0.15) is 13.2 Å². The van der Waals surface area contributed by atoms with Crippen LogP contribution in [0.25, 0.3) is 0 Å². The molecule has 1 fully saturated rings. The highest BCUT2D eigenvalue weighted by atomic mass is 19.4. The molecule has 3 rings (SSSR count). The Morgan fingerprint density at radius 1 is 1.13 bits per heavy atom. The van der Waals surface area contributed by atoms with E-state index in [9.17, 15) is 22.8 Å². The SMILES string of the molecule is Cc1cc(OC2CCN(C(=O)CCc3ccc(C(F)(F)F)cc3)CC2)cc(=O)n1C. The molecule has 1 aromatic heterocycles. The van der Waals surface area contributed by atoms with Crippen molar-refractivity contribution in [2.45, 2.75) is 44.9 Å². The van der Waals surface area contributed by atoms with Crippen molar-refractivity contribution in [3.63, 3.8) is 0 Å². The molecule has 1 aliphatic heterocycles. The molecule has 1 aliphatic rings. The second-order valence-corrected chi connectivity index (χ2v) is 7.62. The van der Waals surface area contributed by atoms with Gasteiger partial charge in [-0.25, -0.2) is 0 Å². The number of benzene rings is 1. The van der Waals surface area contributed by atoms with Crippen molar-refractivity contribution in [3.05, 3.63) is 63.6 Å². The molecular formula is C22H25F3N2O3. The number of alkyl halides is 3. The number of amides is 1. The number of aryl methyl sites for hydroxylation is 2. The number of carbonyl (C=O) groups is 1. The highest BCUT2D eigenvalue weighted by Gasteiger charge is 2.30. The van der Waals surface area contributed by atoms with Gasteiger partial charge in [-0.15, -0.1) is 0 Å². The molecular weight excluding hydrogens is 397 g/mol. The van der Waals surface area contributed by atoms with Crippen LogP contribution in [0.4, 0.5) is 13.2 Å². The minimum absolute atomic E-state index is 0.0160. The summed E-state index contributed by atoms with van der Waals surface area (Å²) >= 11 is 0. The summed E-state index contributed by atoms with van der Waals surface area (Å²) in [4.78, 5) is 26.1. The van der Waals surface area contributed by atoms with Crippen LogP contribution in [0.15, 0.2) is 41.2 Å². The van der Waals surface area contributed by atoms with E-state index >= 15 is 0 Å². The van der Waals surface area contributed by atoms with E-state index in [-0.39, 0.29) is 24.0 Å². The molecule has 2 heterocycles. The fourth-order valence-corrected chi connectivity index (χ4v) is 3.49. The average Bonchev–Trinajstić information content (AvgIpc) is 2.70. The molecule has 0 spiro atoms. The van der Waals surface area contributed by atoms with Gasteiger partial charge in [0.2, 0.25) is 5.91 Å². The third kappa shape index (κ3) is 5.43. The molecule has 0 N–H and O–H groups in total. The van der Waals surface area contributed by atoms with Gasteiger partial charge in [0, 0.05) is 51.2 Å². The van der Waals surface area contributed by atoms with Crippen molar-refractivity contribution in [2.75, 3.05) is 13.1 Å². The van der Waals surface area contributed by atoms with E-state index in [1.54, 1.807) is 16.5 Å². The highest BCUT2D eigenvalue weighted by molar-refractivity contribution is 5.76. The van der Waals surface area contributed by atoms with Gasteiger partial charge in [0.15, 0.2) is 0 Å². The van der Waals surface area contributed by atoms with Crippen LogP contribution in [0, 0.1) is 6.92 Å². The zero-order valence-electron chi connectivity index (χ0n) is 17.0. The second-order valence-electron chi connectivity index (χ2n) is 7.62. The molecule has 0 atom stereocenters. The van der Waals surface area contributed by atoms with Crippen LogP contribution in [-0.4, -0.2) is 34.6 Å². The topological polar surface area (TPSA) is 51.5 Å². The van der Waals surface area contributed by atoms with Crippen molar-refractivity contribution in [1.29, 1.82) is 0 Å². The first-order chi connectivity index (χ1) is 14.1. The number of likely N-dealkylation sites (tertiary alicyclic amines) is 1. The van der Waals surface area contributed by atoms with Gasteiger partial charge in [0.1, 0.15) is 11.9 Å². The highest BCUT2D eigenvalue weighted by Crippen LogP contribution is 2.29. The molecule has 0 aliphatic carbocycles. The minimum atomic E-state index is -4.36. The van der Waals surface area contributed by atoms with Crippen molar-refractivity contribution < 1.29 is 22.7 Å². The molecule has 30 heavy (non-hydrogen) atoms. The van der Waals surface area contributed by atoms with Gasteiger partial charge in [0.25, 0.3) is 5.56 Å². The lowest BCUT2D eigenvalue weighted by atomic mass is 10.0. The smallest absolute Gasteiger partial charge is 0.416 e. The molecule has 0 radical (unpaired) electrons. The number of hydrogen-bond acceptors (Lipinski definition) is 3. The van der Waals surface area contributed by atoms with Gasteiger partial charge >= 0.3 is 6.18 Å². The summed E-state index contributed by atoms with van der Waals surface area (Å²) in [5.74, 6) is 0.528. The lowest BCUT2D eigenvalue weighted by molar-refractivity contribution is -0.137. The number of piperidine rings is 1. The monoisotopic (exact) mass is 422 g/mol. The normalized spacial score (nSPS) is 15.3. The van der Waals surface area contributed by atoms with Crippen LogP contribution < -0.4 is 10.3 Å². The first-order valence-electron chi connectivity index (χ1n) is 9.92. The van der Waals surface area contributed by atoms with E-state index in [2.05, 4.69) is 0 Å². The number of halogens is 3. The third-order valence-electron chi connectivity index (χ3n) is 5.48. The third-order valence-corrected chi connectivity index (χ3v) is 5.48. The quantitative estimate of drug-likeness (QED) is 0.738. The first-order valence-corrected chi connectivity index (χ1v) is 9.92. The van der Waals surface area contributed by atoms with Crippen LogP contribution in [0.5, 0.6) is 5.75 Å². The summed E-state index contributed by atoms with van der Waals surface area (Å²) in [6.45, 7) is 2.95. The van der Waals surface area contributed by atoms with E-state index in [0.29, 0.717) is 43.7 Å². The number of carbonyl (C=O) groups excluding carboxylic acids is 1. The standard InChI is InChI=1S/C22H25F3N2O3/c1-15-13-19(14-21(29)26(15)2)30-18-9-11-27(12-10-18)20(28)8-5-16-3-6-17(7-4-16)22(23,24)25/h3-4,6-7,13-14,18H,5,8-12H2,1-2H3. The van der Waals surface area contributed by atoms with Crippen LogP contribution in [0.2, 0.25) is 0 Å². The summed E-state index contributed by atoms with van der Waals surface area (Å²) < 4.78 is 45.3. The fourth-order valence-electron chi connectivity index (χ4n) is 3.49. The van der Waals surface area contributed by atoms with Crippen molar-refractivity contribution >= 4 is 5.91 Å². The van der Waals surface area contributed by atoms with Crippen LogP contribution in [-0.2, 0) is 24.4 Å². The number of hydrogen-bond donors (Lipinski definition) is 0. The Hall–Kier alpha value is -2.77. The van der Waals surface area contributed by atoms with Gasteiger partial charge in [-0.1, -0.05) is 12.1 Å². The summed E-state index contributed by atoms with van der Waals surface area (Å²) in [5, 5.41) is 0. The molecule has 0 bridgehead atoms. The summed E-state index contributed by atoms with van der Waals surface area (Å²) in [5.41, 5.74) is 0.705. The van der Waals surface area contributed by atoms with Crippen molar-refractivity contribution in [2.24, 2.45) is 7.05 Å². The summed E-state index contributed by atoms with van der Waals surface area (Å²) in [6, 6.07) is 8.21. The Kier molecular flexibility index (Phi) is 6.53. The second kappa shape index (κ2) is 8.93. The number of nitrogens with zero attached hydrogens (tertiary/aromatic N) is 2. The van der Waals surface area contributed by atoms with E-state index in [1.807, 2.05) is 13.0 Å². The lowest BCUT2D eigenvalue weighted by Crippen LogP contribution is -2.42. The Bertz CT molecular complexity index is 944. The maximum absolute atomic E-state index is 12.6. The number of aromatic nitrogens is 1. The van der Waals surface area contributed by atoms with E-state index in [1.165, 1.54) is 18.2 Å². The molecule has 8 heteroatoms. The predicted octanol–water partition coefficient (Wildman–Crippen LogP) is 3.72. The zero-order chi connectivity index (χ0) is 21.9. The number of pyridine rings is 1. The average molecular weight is 422 g/mol. The maximum Gasteiger partial charge on any atom is 0.416 e. The van der Waals surface area contributed by atoms with Gasteiger partial charge < -0.3 is 14.2 Å². The molecule has 0 unspecified atom stereocenters. The molecule has 1 saturated heterocycles. The number of rotatable bonds is 5. The zero-order valence-corrected chi connectivity index (χ0v) is 17.0. The fraction of sp³-hybridized carbons (Fsp3) is 0.455. The maximum atomic E-state index is 12.6. The van der Waals surface area contributed by atoms with E-state index in [0.717, 1.165) is 17.8 Å². The number of ether oxygens (including phenoxy) is 1. The molecule has 2 aromatic rings. The van der Waals surface area contributed by atoms with Gasteiger partial charge in [0.05, 0.1) is 5.56 Å². The largest absolute Gasteiger partial charge is 0.490 e. The lowest BCUT2D eigenvalue weighted by Gasteiger charge is -2.32. The summed E-state index contributed by atoms with van der Waals surface area (Å²) in [6.07, 6.45) is -2.42. The minimum Gasteiger partial charge on any atom is -0.490 e. The van der Waals surface area contributed by atoms with Crippen LogP contribution in [0.3, 0.4) is 0 Å². The molecule has 1 amide bonds. The first kappa shape index (κ1) is 21.9. The summed E-state index contributed by atoms with van der Waals surface area (Å²) in [7, 11) is 1.70. The Balaban J connectivity index is 1.46. The van der Waals surface area contributed by atoms with Crippen molar-refractivity contribution in [3.8, 4) is 5.75 Å². The molecule has 0 saturated carbocycles. The van der Waals surface area contributed by atoms with E-state index in [4.69, 9.17) is 4.74 Å². The molecule has 1 aromatic carbocycles. The molecule has 5 nitrogen and oxygen atoms in total. The van der Waals surface area contributed by atoms with Crippen molar-refractivity contribution in [1.82, 2.24) is 9.47 Å². The van der Waals surface area contributed by atoms with Gasteiger partial charge in [-0.3, -0.25) is 9.59 Å². The Morgan fingerprint density at radius 3 is 2.33 bits per heavy atom. The van der Waals surface area contributed by atoms with Gasteiger partial charge in [-0.05, 0) is 37.1 Å². The Morgan fingerprint density at radius 2 is 1.77 bits per heavy atom. The Labute approximate surface area is 173 Å².